The number of amides is 1. The van der Waals surface area contributed by atoms with Crippen molar-refractivity contribution in [2.24, 2.45) is 5.92 Å². The van der Waals surface area contributed by atoms with E-state index < -0.39 is 12.1 Å². The van der Waals surface area contributed by atoms with Crippen molar-refractivity contribution in [2.75, 3.05) is 13.1 Å². The van der Waals surface area contributed by atoms with E-state index >= 15 is 0 Å². The van der Waals surface area contributed by atoms with Gasteiger partial charge in [-0.1, -0.05) is 25.1 Å². The van der Waals surface area contributed by atoms with Crippen molar-refractivity contribution in [2.45, 2.75) is 32.8 Å². The molecule has 0 N–H and O–H groups in total. The van der Waals surface area contributed by atoms with Crippen LogP contribution in [0.5, 0.6) is 0 Å². The van der Waals surface area contributed by atoms with Crippen LogP contribution in [0.2, 0.25) is 0 Å². The molecule has 1 unspecified atom stereocenters. The van der Waals surface area contributed by atoms with Crippen LogP contribution >= 0.6 is 0 Å². The van der Waals surface area contributed by atoms with Crippen molar-refractivity contribution in [3.63, 3.8) is 0 Å². The largest absolute Gasteiger partial charge is 0.463 e. The predicted molar refractivity (Wildman–Crippen MR) is 111 cm³/mol. The second-order valence-corrected chi connectivity index (χ2v) is 7.69. The van der Waals surface area contributed by atoms with E-state index in [1.54, 1.807) is 36.3 Å². The molecule has 3 heterocycles. The van der Waals surface area contributed by atoms with Gasteiger partial charge in [-0.2, -0.15) is 5.10 Å². The molecule has 0 spiro atoms. The molecule has 0 bridgehead atoms. The van der Waals surface area contributed by atoms with Crippen LogP contribution in [0.25, 0.3) is 17.1 Å². The molecule has 0 aliphatic carbocycles. The van der Waals surface area contributed by atoms with Gasteiger partial charge in [0, 0.05) is 19.2 Å². The summed E-state index contributed by atoms with van der Waals surface area (Å²) in [4.78, 5) is 27.5. The van der Waals surface area contributed by atoms with Crippen molar-refractivity contribution >= 4 is 11.9 Å². The van der Waals surface area contributed by atoms with Gasteiger partial charge in [0.2, 0.25) is 0 Å². The number of rotatable bonds is 5. The summed E-state index contributed by atoms with van der Waals surface area (Å²) >= 11 is 0. The van der Waals surface area contributed by atoms with Crippen LogP contribution in [0.15, 0.2) is 59.2 Å². The molecule has 0 saturated carbocycles. The van der Waals surface area contributed by atoms with Gasteiger partial charge >= 0.3 is 5.97 Å². The predicted octanol–water partition coefficient (Wildman–Crippen LogP) is 3.94. The summed E-state index contributed by atoms with van der Waals surface area (Å²) < 4.78 is 12.5. The Balaban J connectivity index is 1.56. The van der Waals surface area contributed by atoms with Crippen molar-refractivity contribution < 1.29 is 18.7 Å². The third kappa shape index (κ3) is 4.15. The highest BCUT2D eigenvalue weighted by Gasteiger charge is 2.29. The smallest absolute Gasteiger partial charge is 0.357 e. The maximum absolute atomic E-state index is 13.0. The molecular weight excluding hydrogens is 382 g/mol. The summed E-state index contributed by atoms with van der Waals surface area (Å²) in [7, 11) is 0. The Morgan fingerprint density at radius 1 is 1.13 bits per heavy atom. The first kappa shape index (κ1) is 19.9. The van der Waals surface area contributed by atoms with Crippen LogP contribution in [-0.4, -0.2) is 45.8 Å². The molecule has 4 rings (SSSR count). The molecule has 1 atom stereocenters. The number of para-hydroxylation sites is 1. The minimum Gasteiger partial charge on any atom is -0.463 e. The van der Waals surface area contributed by atoms with Gasteiger partial charge in [-0.3, -0.25) is 4.79 Å². The molecule has 7 nitrogen and oxygen atoms in total. The fraction of sp³-hybridized carbons (Fsp3) is 0.348. The van der Waals surface area contributed by atoms with Gasteiger partial charge in [0.05, 0.1) is 12.0 Å². The Morgan fingerprint density at radius 2 is 1.87 bits per heavy atom. The SMILES string of the molecule is CC1CCN(C(=O)C(C)OC(=O)c2cc(-c3ccco3)nn2-c2ccccc2)CC1. The number of hydrogen-bond donors (Lipinski definition) is 0. The molecule has 1 fully saturated rings. The first-order chi connectivity index (χ1) is 14.5. The Kier molecular flexibility index (Phi) is 5.70. The van der Waals surface area contributed by atoms with Crippen LogP contribution in [0.1, 0.15) is 37.2 Å². The zero-order chi connectivity index (χ0) is 21.1. The average Bonchev–Trinajstić information content (AvgIpc) is 3.44. The van der Waals surface area contributed by atoms with Gasteiger partial charge in [0.25, 0.3) is 5.91 Å². The number of carbonyl (C=O) groups excluding carboxylic acids is 2. The van der Waals surface area contributed by atoms with E-state index in [2.05, 4.69) is 12.0 Å². The lowest BCUT2D eigenvalue weighted by molar-refractivity contribution is -0.141. The molecule has 2 aromatic heterocycles. The number of esters is 1. The fourth-order valence-corrected chi connectivity index (χ4v) is 3.59. The van der Waals surface area contributed by atoms with Crippen LogP contribution in [-0.2, 0) is 9.53 Å². The number of nitrogens with zero attached hydrogens (tertiary/aromatic N) is 3. The van der Waals surface area contributed by atoms with Crippen molar-refractivity contribution in [3.05, 3.63) is 60.5 Å². The number of ether oxygens (including phenoxy) is 1. The van der Waals surface area contributed by atoms with Crippen LogP contribution in [0.3, 0.4) is 0 Å². The molecule has 30 heavy (non-hydrogen) atoms. The first-order valence-electron chi connectivity index (χ1n) is 10.2. The Hall–Kier alpha value is -3.35. The van der Waals surface area contributed by atoms with Gasteiger partial charge < -0.3 is 14.1 Å². The van der Waals surface area contributed by atoms with Crippen molar-refractivity contribution in [1.82, 2.24) is 14.7 Å². The highest BCUT2D eigenvalue weighted by molar-refractivity contribution is 5.92. The lowest BCUT2D eigenvalue weighted by Gasteiger charge is -2.31. The third-order valence-electron chi connectivity index (χ3n) is 5.42. The van der Waals surface area contributed by atoms with E-state index in [4.69, 9.17) is 9.15 Å². The van der Waals surface area contributed by atoms with Gasteiger partial charge in [0.15, 0.2) is 17.6 Å². The maximum atomic E-state index is 13.0. The molecule has 1 aromatic carbocycles. The van der Waals surface area contributed by atoms with Crippen LogP contribution in [0.4, 0.5) is 0 Å². The zero-order valence-corrected chi connectivity index (χ0v) is 17.2. The number of benzene rings is 1. The minimum atomic E-state index is -0.864. The van der Waals surface area contributed by atoms with E-state index in [1.165, 1.54) is 4.68 Å². The van der Waals surface area contributed by atoms with Gasteiger partial charge in [0.1, 0.15) is 5.69 Å². The minimum absolute atomic E-state index is 0.160. The Bertz CT molecular complexity index is 1000. The van der Waals surface area contributed by atoms with E-state index in [0.717, 1.165) is 12.8 Å². The quantitative estimate of drug-likeness (QED) is 0.599. The third-order valence-corrected chi connectivity index (χ3v) is 5.42. The Labute approximate surface area is 175 Å². The number of piperidine rings is 1. The summed E-state index contributed by atoms with van der Waals surface area (Å²) in [6.45, 7) is 5.21. The summed E-state index contributed by atoms with van der Waals surface area (Å²) in [6, 6.07) is 14.5. The van der Waals surface area contributed by atoms with Crippen LogP contribution < -0.4 is 0 Å². The zero-order valence-electron chi connectivity index (χ0n) is 17.2. The molecule has 7 heteroatoms. The molecular formula is C23H25N3O4. The lowest BCUT2D eigenvalue weighted by atomic mass is 9.99. The summed E-state index contributed by atoms with van der Waals surface area (Å²) in [5.41, 5.74) is 1.46. The topological polar surface area (TPSA) is 77.6 Å². The first-order valence-corrected chi connectivity index (χ1v) is 10.2. The Morgan fingerprint density at radius 3 is 2.53 bits per heavy atom. The summed E-state index contributed by atoms with van der Waals surface area (Å²) in [5.74, 6) is 0.403. The normalized spacial score (nSPS) is 15.7. The van der Waals surface area contributed by atoms with Gasteiger partial charge in [-0.15, -0.1) is 0 Å². The highest BCUT2D eigenvalue weighted by Crippen LogP contribution is 2.23. The number of furan rings is 1. The molecule has 0 radical (unpaired) electrons. The van der Waals surface area contributed by atoms with Crippen LogP contribution in [0, 0.1) is 5.92 Å². The fourth-order valence-electron chi connectivity index (χ4n) is 3.59. The van der Waals surface area contributed by atoms with E-state index in [9.17, 15) is 9.59 Å². The molecule has 1 aliphatic heterocycles. The maximum Gasteiger partial charge on any atom is 0.357 e. The average molecular weight is 407 g/mol. The summed E-state index contributed by atoms with van der Waals surface area (Å²) in [6.07, 6.45) is 2.63. The van der Waals surface area contributed by atoms with E-state index in [0.29, 0.717) is 36.1 Å². The number of carbonyl (C=O) groups is 2. The van der Waals surface area contributed by atoms with Gasteiger partial charge in [-0.05, 0) is 49.9 Å². The standard InChI is InChI=1S/C23H25N3O4/c1-16-10-12-25(13-11-16)22(27)17(2)30-23(28)20-15-19(21-9-6-14-29-21)24-26(20)18-7-4-3-5-8-18/h3-9,14-17H,10-13H2,1-2H3. The second kappa shape index (κ2) is 8.57. The molecule has 156 valence electrons. The molecule has 3 aromatic rings. The van der Waals surface area contributed by atoms with E-state index in [-0.39, 0.29) is 11.6 Å². The monoisotopic (exact) mass is 407 g/mol. The lowest BCUT2D eigenvalue weighted by Crippen LogP contribution is -2.44. The molecule has 1 aliphatic rings. The van der Waals surface area contributed by atoms with Gasteiger partial charge in [-0.25, -0.2) is 9.48 Å². The second-order valence-electron chi connectivity index (χ2n) is 7.69. The number of likely N-dealkylation sites (tertiary alicyclic amines) is 1. The van der Waals surface area contributed by atoms with Crippen molar-refractivity contribution in [3.8, 4) is 17.1 Å². The number of aromatic nitrogens is 2. The number of hydrogen-bond acceptors (Lipinski definition) is 5. The molecule has 1 amide bonds. The highest BCUT2D eigenvalue weighted by atomic mass is 16.5. The van der Waals surface area contributed by atoms with E-state index in [1.807, 2.05) is 30.3 Å². The summed E-state index contributed by atoms with van der Waals surface area (Å²) in [5, 5.41) is 4.52. The molecule has 1 saturated heterocycles. The van der Waals surface area contributed by atoms with Crippen molar-refractivity contribution in [1.29, 1.82) is 0 Å².